The maximum atomic E-state index is 13.6. The Morgan fingerprint density at radius 2 is 1.82 bits per heavy atom. The fraction of sp³-hybridized carbons (Fsp3) is 0.593. The number of aromatic nitrogens is 4. The van der Waals surface area contributed by atoms with Crippen LogP contribution in [0, 0.1) is 25.7 Å². The van der Waals surface area contributed by atoms with Gasteiger partial charge in [-0.05, 0) is 63.0 Å². The lowest BCUT2D eigenvalue weighted by atomic mass is 9.67. The first-order chi connectivity index (χ1) is 18.3. The van der Waals surface area contributed by atoms with E-state index in [0.717, 1.165) is 25.5 Å². The molecule has 5 unspecified atom stereocenters. The summed E-state index contributed by atoms with van der Waals surface area (Å²) in [6, 6.07) is 3.01. The Bertz CT molecular complexity index is 1450. The Morgan fingerprint density at radius 3 is 2.49 bits per heavy atom. The molecule has 3 aromatic heterocycles. The van der Waals surface area contributed by atoms with Crippen molar-refractivity contribution < 1.29 is 26.0 Å². The average molecular weight is 585 g/mol. The summed E-state index contributed by atoms with van der Waals surface area (Å²) in [6.07, 6.45) is 4.54. The molecule has 3 heterocycles. The average Bonchev–Trinajstić information content (AvgIpc) is 3.46. The molecule has 2 fully saturated rings. The van der Waals surface area contributed by atoms with Crippen molar-refractivity contribution in [2.75, 3.05) is 6.26 Å². The molecule has 0 bridgehead atoms. The fourth-order valence-electron chi connectivity index (χ4n) is 6.61. The van der Waals surface area contributed by atoms with E-state index in [1.54, 1.807) is 36.7 Å². The third-order valence-corrected chi connectivity index (χ3v) is 10.3. The lowest BCUT2D eigenvalue weighted by molar-refractivity contribution is -0.141. The van der Waals surface area contributed by atoms with Crippen molar-refractivity contribution in [3.05, 3.63) is 52.7 Å². The molecule has 0 spiro atoms. The van der Waals surface area contributed by atoms with Gasteiger partial charge in [-0.3, -0.25) is 4.98 Å². The van der Waals surface area contributed by atoms with Crippen molar-refractivity contribution in [3.63, 3.8) is 0 Å². The van der Waals surface area contributed by atoms with Crippen molar-refractivity contribution in [2.45, 2.75) is 82.2 Å². The van der Waals surface area contributed by atoms with Gasteiger partial charge in [0.25, 0.3) is 0 Å². The Hall–Kier alpha value is -2.40. The topological polar surface area (TPSA) is 90.9 Å². The Morgan fingerprint density at radius 1 is 1.08 bits per heavy atom. The minimum absolute atomic E-state index is 0.207. The summed E-state index contributed by atoms with van der Waals surface area (Å²) in [7, 11) is -3.14. The number of hydrogen-bond donors (Lipinski definition) is 0. The molecule has 7 nitrogen and oxygen atoms in total. The van der Waals surface area contributed by atoms with Gasteiger partial charge < -0.3 is 8.98 Å². The SMILES string of the molecule is Cc1nc(C2CC(C3CCCC(S(C)(=O)=O)C3)CCC2n2cc(C(F)(F)F)nc2C)c(-c2cc(Cl)ccn2)o1. The van der Waals surface area contributed by atoms with Crippen LogP contribution in [0.2, 0.25) is 5.02 Å². The summed E-state index contributed by atoms with van der Waals surface area (Å²) in [4.78, 5) is 13.0. The van der Waals surface area contributed by atoms with Crippen LogP contribution in [0.1, 0.15) is 80.0 Å². The molecule has 2 aliphatic rings. The van der Waals surface area contributed by atoms with Crippen molar-refractivity contribution in [2.24, 2.45) is 11.8 Å². The van der Waals surface area contributed by atoms with Crippen LogP contribution in [0.3, 0.4) is 0 Å². The predicted molar refractivity (Wildman–Crippen MR) is 141 cm³/mol. The second-order valence-electron chi connectivity index (χ2n) is 11.0. The minimum atomic E-state index is -4.55. The third kappa shape index (κ3) is 5.89. The number of hydrogen-bond acceptors (Lipinski definition) is 6. The van der Waals surface area contributed by atoms with Gasteiger partial charge in [-0.15, -0.1) is 0 Å². The van der Waals surface area contributed by atoms with Gasteiger partial charge in [-0.1, -0.05) is 24.4 Å². The van der Waals surface area contributed by atoms with Crippen LogP contribution in [-0.2, 0) is 16.0 Å². The van der Waals surface area contributed by atoms with E-state index in [-0.39, 0.29) is 34.9 Å². The first kappa shape index (κ1) is 28.1. The molecule has 39 heavy (non-hydrogen) atoms. The number of oxazole rings is 1. The van der Waals surface area contributed by atoms with Gasteiger partial charge in [-0.25, -0.2) is 18.4 Å². The van der Waals surface area contributed by atoms with Gasteiger partial charge in [0.05, 0.1) is 10.9 Å². The largest absolute Gasteiger partial charge is 0.439 e. The molecule has 2 saturated carbocycles. The van der Waals surface area contributed by atoms with E-state index in [9.17, 15) is 21.6 Å². The summed E-state index contributed by atoms with van der Waals surface area (Å²) in [5.41, 5.74) is 0.221. The number of imidazole rings is 1. The number of halogens is 4. The molecule has 12 heteroatoms. The minimum Gasteiger partial charge on any atom is -0.439 e. The van der Waals surface area contributed by atoms with Crippen molar-refractivity contribution in [1.29, 1.82) is 0 Å². The van der Waals surface area contributed by atoms with Crippen molar-refractivity contribution in [1.82, 2.24) is 19.5 Å². The zero-order chi connectivity index (χ0) is 28.1. The van der Waals surface area contributed by atoms with E-state index >= 15 is 0 Å². The van der Waals surface area contributed by atoms with Crippen LogP contribution in [0.5, 0.6) is 0 Å². The molecule has 0 N–H and O–H groups in total. The number of alkyl halides is 3. The van der Waals surface area contributed by atoms with Gasteiger partial charge in [-0.2, -0.15) is 13.2 Å². The summed E-state index contributed by atoms with van der Waals surface area (Å²) in [5, 5.41) is 0.130. The first-order valence-corrected chi connectivity index (χ1v) is 15.5. The van der Waals surface area contributed by atoms with E-state index in [4.69, 9.17) is 21.0 Å². The van der Waals surface area contributed by atoms with Gasteiger partial charge in [0.15, 0.2) is 17.3 Å². The number of nitrogens with zero attached hydrogens (tertiary/aromatic N) is 4. The van der Waals surface area contributed by atoms with Crippen molar-refractivity contribution in [3.8, 4) is 11.5 Å². The standard InChI is InChI=1S/C27H32ClF3N4O3S/c1-15-33-24(27(29,30)31)14-35(15)23-8-7-18(17-5-4-6-20(11-17)39(3,36)37)12-21(23)25-26(38-16(2)34-25)22-13-19(28)9-10-32-22/h9-10,13-14,17-18,20-21,23H,4-8,11-12H2,1-3H3. The maximum Gasteiger partial charge on any atom is 0.434 e. The zero-order valence-corrected chi connectivity index (χ0v) is 23.7. The first-order valence-electron chi connectivity index (χ1n) is 13.2. The smallest absolute Gasteiger partial charge is 0.434 e. The summed E-state index contributed by atoms with van der Waals surface area (Å²) >= 11 is 6.24. The second kappa shape index (κ2) is 10.5. The molecular weight excluding hydrogens is 553 g/mol. The van der Waals surface area contributed by atoms with Crippen LogP contribution in [-0.4, -0.2) is 39.4 Å². The second-order valence-corrected chi connectivity index (χ2v) is 13.8. The highest BCUT2D eigenvalue weighted by Crippen LogP contribution is 2.51. The third-order valence-electron chi connectivity index (χ3n) is 8.42. The predicted octanol–water partition coefficient (Wildman–Crippen LogP) is 6.95. The molecule has 5 atom stereocenters. The van der Waals surface area contributed by atoms with Gasteiger partial charge in [0.1, 0.15) is 21.4 Å². The van der Waals surface area contributed by atoms with E-state index in [2.05, 4.69) is 9.97 Å². The van der Waals surface area contributed by atoms with Gasteiger partial charge in [0, 0.05) is 42.6 Å². The molecule has 0 radical (unpaired) electrons. The lowest BCUT2D eigenvalue weighted by Crippen LogP contribution is -2.35. The van der Waals surface area contributed by atoms with Crippen LogP contribution in [0.4, 0.5) is 13.2 Å². The summed E-state index contributed by atoms with van der Waals surface area (Å²) < 4.78 is 73.0. The van der Waals surface area contributed by atoms with Crippen LogP contribution < -0.4 is 0 Å². The van der Waals surface area contributed by atoms with Gasteiger partial charge in [0.2, 0.25) is 0 Å². The molecule has 5 rings (SSSR count). The monoisotopic (exact) mass is 584 g/mol. The highest BCUT2D eigenvalue weighted by atomic mass is 35.5. The number of pyridine rings is 1. The van der Waals surface area contributed by atoms with E-state index in [0.29, 0.717) is 53.7 Å². The molecule has 0 saturated heterocycles. The molecule has 3 aromatic rings. The molecule has 2 aliphatic carbocycles. The molecule has 0 aliphatic heterocycles. The Labute approximate surface area is 231 Å². The Balaban J connectivity index is 1.55. The highest BCUT2D eigenvalue weighted by molar-refractivity contribution is 7.91. The molecule has 0 aromatic carbocycles. The quantitative estimate of drug-likeness (QED) is 0.322. The Kier molecular flexibility index (Phi) is 7.60. The maximum absolute atomic E-state index is 13.6. The number of rotatable bonds is 5. The number of sulfone groups is 1. The van der Waals surface area contributed by atoms with Crippen molar-refractivity contribution >= 4 is 21.4 Å². The lowest BCUT2D eigenvalue weighted by Gasteiger charge is -2.42. The fourth-order valence-corrected chi connectivity index (χ4v) is 7.96. The molecular formula is C27H32ClF3N4O3S. The molecule has 212 valence electrons. The van der Waals surface area contributed by atoms with Crippen LogP contribution in [0.15, 0.2) is 28.9 Å². The van der Waals surface area contributed by atoms with E-state index in [1.807, 2.05) is 0 Å². The van der Waals surface area contributed by atoms with Crippen LogP contribution in [0.25, 0.3) is 11.5 Å². The summed E-state index contributed by atoms with van der Waals surface area (Å²) in [5.74, 6) is 1.31. The van der Waals surface area contributed by atoms with Crippen LogP contribution >= 0.6 is 11.6 Å². The van der Waals surface area contributed by atoms with E-state index < -0.39 is 21.7 Å². The normalized spacial score (nSPS) is 26.6. The number of aryl methyl sites for hydroxylation is 2. The highest BCUT2D eigenvalue weighted by Gasteiger charge is 2.43. The van der Waals surface area contributed by atoms with Gasteiger partial charge >= 0.3 is 6.18 Å². The molecule has 0 amide bonds. The zero-order valence-electron chi connectivity index (χ0n) is 22.1. The summed E-state index contributed by atoms with van der Waals surface area (Å²) in [6.45, 7) is 3.32. The van der Waals surface area contributed by atoms with E-state index in [1.165, 1.54) is 6.26 Å².